The molecule has 6 rings (SSSR count). The van der Waals surface area contributed by atoms with Crippen molar-refractivity contribution >= 4 is 23.5 Å². The van der Waals surface area contributed by atoms with Crippen LogP contribution in [-0.4, -0.2) is 63.3 Å². The van der Waals surface area contributed by atoms with E-state index in [0.29, 0.717) is 57.5 Å². The first-order valence-electron chi connectivity index (χ1n) is 16.1. The van der Waals surface area contributed by atoms with Gasteiger partial charge in [0.1, 0.15) is 11.8 Å². The molecule has 3 aromatic carbocycles. The number of fused-ring (bicyclic) bond motifs is 1. The van der Waals surface area contributed by atoms with Gasteiger partial charge in [-0.15, -0.1) is 0 Å². The second-order valence-electron chi connectivity index (χ2n) is 12.2. The number of anilines is 1. The molecule has 1 atom stereocenters. The lowest BCUT2D eigenvalue weighted by Crippen LogP contribution is -2.40. The van der Waals surface area contributed by atoms with E-state index in [9.17, 15) is 19.5 Å². The molecule has 0 unspecified atom stereocenters. The number of carboxylic acids is 1. The van der Waals surface area contributed by atoms with Gasteiger partial charge in [-0.3, -0.25) is 14.3 Å². The molecule has 1 N–H and O–H groups in total. The number of ether oxygens (including phenoxy) is 1. The maximum absolute atomic E-state index is 13.4. The number of aryl methyl sites for hydroxylation is 1. The Morgan fingerprint density at radius 3 is 2.67 bits per heavy atom. The zero-order valence-corrected chi connectivity index (χ0v) is 26.4. The number of aliphatic carboxylic acids is 1. The third-order valence-corrected chi connectivity index (χ3v) is 9.16. The first-order chi connectivity index (χ1) is 22.3. The van der Waals surface area contributed by atoms with E-state index in [-0.39, 0.29) is 11.8 Å². The summed E-state index contributed by atoms with van der Waals surface area (Å²) in [6.07, 6.45) is 7.86. The summed E-state index contributed by atoms with van der Waals surface area (Å²) in [5, 5.41) is 14.1. The van der Waals surface area contributed by atoms with Crippen molar-refractivity contribution in [2.75, 3.05) is 24.6 Å². The van der Waals surface area contributed by atoms with Gasteiger partial charge < -0.3 is 19.6 Å². The van der Waals surface area contributed by atoms with Crippen LogP contribution in [0.5, 0.6) is 5.75 Å². The molecule has 0 aliphatic carbocycles. The molecule has 0 radical (unpaired) electrons. The molecule has 9 heteroatoms. The van der Waals surface area contributed by atoms with Gasteiger partial charge in [0.25, 0.3) is 5.91 Å². The Kier molecular flexibility index (Phi) is 9.19. The summed E-state index contributed by atoms with van der Waals surface area (Å²) in [4.78, 5) is 41.5. The number of aromatic nitrogens is 2. The van der Waals surface area contributed by atoms with Crippen LogP contribution in [0.25, 0.3) is 11.1 Å². The van der Waals surface area contributed by atoms with Gasteiger partial charge in [-0.1, -0.05) is 36.4 Å². The third kappa shape index (κ3) is 6.54. The van der Waals surface area contributed by atoms with Gasteiger partial charge in [0, 0.05) is 42.5 Å². The summed E-state index contributed by atoms with van der Waals surface area (Å²) in [5.74, 6) is -0.230. The minimum absolute atomic E-state index is 0.108. The van der Waals surface area contributed by atoms with Crippen molar-refractivity contribution in [1.82, 2.24) is 14.7 Å². The largest absolute Gasteiger partial charge is 0.493 e. The van der Waals surface area contributed by atoms with Crippen molar-refractivity contribution in [1.29, 1.82) is 0 Å². The second kappa shape index (κ2) is 13.6. The predicted molar refractivity (Wildman–Crippen MR) is 176 cm³/mol. The van der Waals surface area contributed by atoms with Crippen molar-refractivity contribution in [2.24, 2.45) is 0 Å². The van der Waals surface area contributed by atoms with Crippen LogP contribution < -0.4 is 9.64 Å². The number of benzene rings is 3. The predicted octanol–water partition coefficient (Wildman–Crippen LogP) is 6.04. The average Bonchev–Trinajstić information content (AvgIpc) is 3.75. The number of likely N-dealkylation sites (tertiary alicyclic amines) is 1. The maximum atomic E-state index is 13.4. The van der Waals surface area contributed by atoms with Gasteiger partial charge in [-0.25, -0.2) is 4.79 Å². The third-order valence-electron chi connectivity index (χ3n) is 9.16. The van der Waals surface area contributed by atoms with E-state index in [2.05, 4.69) is 31.1 Å². The van der Waals surface area contributed by atoms with E-state index in [1.165, 1.54) is 10.5 Å². The molecule has 1 saturated heterocycles. The summed E-state index contributed by atoms with van der Waals surface area (Å²) in [5.41, 5.74) is 7.86. The topological polar surface area (TPSA) is 105 Å². The van der Waals surface area contributed by atoms with E-state index >= 15 is 0 Å². The number of carbonyl (C=O) groups is 3. The Labute approximate surface area is 269 Å². The Morgan fingerprint density at radius 2 is 1.83 bits per heavy atom. The van der Waals surface area contributed by atoms with Gasteiger partial charge in [0.2, 0.25) is 5.91 Å². The van der Waals surface area contributed by atoms with Crippen LogP contribution >= 0.6 is 0 Å². The molecule has 0 saturated carbocycles. The number of nitrogens with zero attached hydrogens (tertiary/aromatic N) is 4. The lowest BCUT2D eigenvalue weighted by molar-refractivity contribution is -0.141. The van der Waals surface area contributed by atoms with Gasteiger partial charge in [0.05, 0.1) is 19.3 Å². The molecule has 0 spiro atoms. The fourth-order valence-electron chi connectivity index (χ4n) is 6.59. The van der Waals surface area contributed by atoms with Crippen molar-refractivity contribution in [3.05, 3.63) is 101 Å². The van der Waals surface area contributed by atoms with E-state index < -0.39 is 12.0 Å². The fourth-order valence-corrected chi connectivity index (χ4v) is 6.59. The lowest BCUT2D eigenvalue weighted by atomic mass is 9.93. The van der Waals surface area contributed by atoms with Crippen molar-refractivity contribution < 1.29 is 24.2 Å². The van der Waals surface area contributed by atoms with Crippen molar-refractivity contribution in [3.8, 4) is 16.9 Å². The lowest BCUT2D eigenvalue weighted by Gasteiger charge is -2.31. The zero-order valence-electron chi connectivity index (χ0n) is 26.4. The Bertz CT molecular complexity index is 1760. The highest BCUT2D eigenvalue weighted by molar-refractivity contribution is 5.97. The molecule has 1 fully saturated rings. The number of amides is 2. The van der Waals surface area contributed by atoms with Gasteiger partial charge >= 0.3 is 5.97 Å². The van der Waals surface area contributed by atoms with Crippen LogP contribution in [-0.2, 0) is 22.6 Å². The molecule has 238 valence electrons. The summed E-state index contributed by atoms with van der Waals surface area (Å²) in [7, 11) is 0. The normalized spacial score (nSPS) is 15.9. The van der Waals surface area contributed by atoms with Crippen LogP contribution in [0.2, 0.25) is 0 Å². The molecule has 1 aromatic heterocycles. The van der Waals surface area contributed by atoms with E-state index in [4.69, 9.17) is 4.74 Å². The summed E-state index contributed by atoms with van der Waals surface area (Å²) < 4.78 is 7.82. The molecule has 3 heterocycles. The van der Waals surface area contributed by atoms with Crippen LogP contribution in [0.4, 0.5) is 5.69 Å². The van der Waals surface area contributed by atoms with Crippen LogP contribution in [0.15, 0.2) is 73.1 Å². The monoisotopic (exact) mass is 620 g/mol. The molecule has 2 aliphatic heterocycles. The minimum atomic E-state index is -0.958. The van der Waals surface area contributed by atoms with Crippen molar-refractivity contribution in [2.45, 2.75) is 65.0 Å². The molecule has 2 aliphatic rings. The van der Waals surface area contributed by atoms with E-state index in [1.54, 1.807) is 6.07 Å². The summed E-state index contributed by atoms with van der Waals surface area (Å²) in [6.45, 7) is 6.23. The number of rotatable bonds is 10. The smallest absolute Gasteiger partial charge is 0.326 e. The maximum Gasteiger partial charge on any atom is 0.326 e. The van der Waals surface area contributed by atoms with Gasteiger partial charge in [-0.2, -0.15) is 5.10 Å². The van der Waals surface area contributed by atoms with Gasteiger partial charge in [-0.05, 0) is 98.0 Å². The molecule has 46 heavy (non-hydrogen) atoms. The fraction of sp³-hybridized carbons (Fsp3) is 0.351. The standard InChI is InChI=1S/C37H40N4O5/c1-25-9-3-16-34(26(25)2)46-20-8-17-35(42)40-18-6-13-31-30(12-5-14-32(31)40)29-22-38-39(24-29)23-27-10-4-11-28(21-27)36(43)41-19-7-15-33(41)37(44)45/h3-5,9-12,14,16,21-22,24,33H,6-8,13,15,17-20,23H2,1-2H3,(H,44,45)/t33-/m1/s1. The highest BCUT2D eigenvalue weighted by Crippen LogP contribution is 2.36. The van der Waals surface area contributed by atoms with Crippen LogP contribution in [0.1, 0.15) is 64.7 Å². The van der Waals surface area contributed by atoms with E-state index in [0.717, 1.165) is 52.1 Å². The van der Waals surface area contributed by atoms with Crippen LogP contribution in [0, 0.1) is 13.8 Å². The second-order valence-corrected chi connectivity index (χ2v) is 12.2. The number of hydrogen-bond acceptors (Lipinski definition) is 5. The molecule has 4 aromatic rings. The number of carbonyl (C=O) groups excluding carboxylic acids is 2. The molecular weight excluding hydrogens is 580 g/mol. The summed E-state index contributed by atoms with van der Waals surface area (Å²) in [6, 6.07) is 18.7. The number of hydrogen-bond donors (Lipinski definition) is 1. The van der Waals surface area contributed by atoms with E-state index in [1.807, 2.05) is 64.4 Å². The quantitative estimate of drug-likeness (QED) is 0.217. The molecule has 0 bridgehead atoms. The highest BCUT2D eigenvalue weighted by atomic mass is 16.5. The molecule has 2 amide bonds. The average molecular weight is 621 g/mol. The Hall–Kier alpha value is -4.92. The first-order valence-corrected chi connectivity index (χ1v) is 16.1. The van der Waals surface area contributed by atoms with Crippen molar-refractivity contribution in [3.63, 3.8) is 0 Å². The number of carboxylic acid groups (broad SMARTS) is 1. The SMILES string of the molecule is Cc1cccc(OCCCC(=O)N2CCCc3c(-c4cnn(Cc5cccc(C(=O)N6CCC[C@@H]6C(=O)O)c5)c4)cccc32)c1C. The zero-order chi connectivity index (χ0) is 32.2. The van der Waals surface area contributed by atoms with Crippen LogP contribution in [0.3, 0.4) is 0 Å². The van der Waals surface area contributed by atoms with Gasteiger partial charge in [0.15, 0.2) is 0 Å². The minimum Gasteiger partial charge on any atom is -0.493 e. The first kappa shape index (κ1) is 31.1. The summed E-state index contributed by atoms with van der Waals surface area (Å²) >= 11 is 0. The molecular formula is C37H40N4O5. The Morgan fingerprint density at radius 1 is 1.00 bits per heavy atom. The molecule has 9 nitrogen and oxygen atoms in total. The Balaban J connectivity index is 1.11. The highest BCUT2D eigenvalue weighted by Gasteiger charge is 2.34.